The fourth-order valence-corrected chi connectivity index (χ4v) is 3.37. The summed E-state index contributed by atoms with van der Waals surface area (Å²) in [5, 5.41) is 6.21. The average molecular weight is 375 g/mol. The van der Waals surface area contributed by atoms with Gasteiger partial charge in [0, 0.05) is 26.2 Å². The van der Waals surface area contributed by atoms with Crippen molar-refractivity contribution in [3.63, 3.8) is 0 Å². The number of carbonyl (C=O) groups excluding carboxylic acids is 1. The molecule has 3 heterocycles. The van der Waals surface area contributed by atoms with E-state index in [1.54, 1.807) is 0 Å². The van der Waals surface area contributed by atoms with E-state index in [2.05, 4.69) is 26.6 Å². The van der Waals surface area contributed by atoms with Crippen molar-refractivity contribution in [2.45, 2.75) is 12.5 Å². The third-order valence-corrected chi connectivity index (χ3v) is 4.71. The number of benzene rings is 1. The van der Waals surface area contributed by atoms with Crippen LogP contribution in [0.5, 0.6) is 0 Å². The standard InChI is InChI=1S/C19H22N4O2.ClH/c24-19(18-16-4-2-1-3-14(16)7-12-25-18)22-17-6-5-15(13-21-17)23-10-8-20-9-11-23;/h1-6,13,18,20H,7-12H2,(H,21,22,24);1H. The van der Waals surface area contributed by atoms with Crippen LogP contribution in [0.1, 0.15) is 17.2 Å². The maximum absolute atomic E-state index is 12.6. The molecule has 1 fully saturated rings. The summed E-state index contributed by atoms with van der Waals surface area (Å²) in [6, 6.07) is 11.8. The molecule has 0 spiro atoms. The summed E-state index contributed by atoms with van der Waals surface area (Å²) < 4.78 is 5.70. The number of hydrogen-bond donors (Lipinski definition) is 2. The van der Waals surface area contributed by atoms with Crippen LogP contribution < -0.4 is 15.5 Å². The van der Waals surface area contributed by atoms with E-state index in [-0.39, 0.29) is 18.3 Å². The minimum Gasteiger partial charge on any atom is -0.368 e. The fraction of sp³-hybridized carbons (Fsp3) is 0.368. The Hall–Kier alpha value is -2.15. The molecule has 138 valence electrons. The number of nitrogens with one attached hydrogen (secondary N) is 2. The molecular weight excluding hydrogens is 352 g/mol. The molecule has 4 rings (SSSR count). The van der Waals surface area contributed by atoms with Gasteiger partial charge in [0.2, 0.25) is 0 Å². The summed E-state index contributed by atoms with van der Waals surface area (Å²) in [7, 11) is 0. The molecule has 0 bridgehead atoms. The smallest absolute Gasteiger partial charge is 0.259 e. The van der Waals surface area contributed by atoms with Crippen molar-refractivity contribution in [2.75, 3.05) is 43.0 Å². The van der Waals surface area contributed by atoms with Gasteiger partial charge in [-0.3, -0.25) is 4.79 Å². The first-order valence-corrected chi connectivity index (χ1v) is 8.73. The van der Waals surface area contributed by atoms with Crippen molar-refractivity contribution >= 4 is 29.8 Å². The first kappa shape index (κ1) is 18.6. The SMILES string of the molecule is Cl.O=C(Nc1ccc(N2CCNCC2)cn1)C1OCCc2ccccc21. The van der Waals surface area contributed by atoms with Crippen molar-refractivity contribution in [3.05, 3.63) is 53.7 Å². The fourth-order valence-electron chi connectivity index (χ4n) is 3.37. The maximum atomic E-state index is 12.6. The molecule has 1 amide bonds. The van der Waals surface area contributed by atoms with Gasteiger partial charge in [0.1, 0.15) is 5.82 Å². The number of nitrogens with zero attached hydrogens (tertiary/aromatic N) is 2. The molecule has 2 N–H and O–H groups in total. The van der Waals surface area contributed by atoms with Crippen molar-refractivity contribution in [1.29, 1.82) is 0 Å². The molecule has 26 heavy (non-hydrogen) atoms. The molecule has 2 aliphatic rings. The second-order valence-electron chi connectivity index (χ2n) is 6.33. The molecule has 1 unspecified atom stereocenters. The number of fused-ring (bicyclic) bond motifs is 1. The first-order valence-electron chi connectivity index (χ1n) is 8.73. The van der Waals surface area contributed by atoms with E-state index in [1.807, 2.05) is 36.5 Å². The van der Waals surface area contributed by atoms with Crippen LogP contribution in [-0.2, 0) is 16.0 Å². The molecule has 0 radical (unpaired) electrons. The number of anilines is 2. The predicted octanol–water partition coefficient (Wildman–Crippen LogP) is 2.17. The van der Waals surface area contributed by atoms with E-state index < -0.39 is 6.10 Å². The number of halogens is 1. The summed E-state index contributed by atoms with van der Waals surface area (Å²) in [6.07, 6.45) is 2.09. The minimum atomic E-state index is -0.570. The number of amides is 1. The van der Waals surface area contributed by atoms with Crippen LogP contribution in [0, 0.1) is 0 Å². The highest BCUT2D eigenvalue weighted by Crippen LogP contribution is 2.28. The Kier molecular flexibility index (Phi) is 6.08. The molecule has 2 aromatic rings. The quantitative estimate of drug-likeness (QED) is 0.861. The summed E-state index contributed by atoms with van der Waals surface area (Å²) in [6.45, 7) is 4.47. The van der Waals surface area contributed by atoms with Crippen LogP contribution in [0.3, 0.4) is 0 Å². The second-order valence-corrected chi connectivity index (χ2v) is 6.33. The Balaban J connectivity index is 0.00000196. The van der Waals surface area contributed by atoms with Crippen molar-refractivity contribution in [2.24, 2.45) is 0 Å². The Bertz CT molecular complexity index is 747. The van der Waals surface area contributed by atoms with Crippen molar-refractivity contribution in [1.82, 2.24) is 10.3 Å². The number of piperazine rings is 1. The average Bonchev–Trinajstić information content (AvgIpc) is 2.69. The molecule has 2 aliphatic heterocycles. The molecule has 7 heteroatoms. The van der Waals surface area contributed by atoms with E-state index >= 15 is 0 Å². The van der Waals surface area contributed by atoms with Crippen LogP contribution in [-0.4, -0.2) is 43.7 Å². The van der Waals surface area contributed by atoms with Gasteiger partial charge in [-0.2, -0.15) is 0 Å². The molecule has 0 aliphatic carbocycles. The lowest BCUT2D eigenvalue weighted by atomic mass is 9.97. The van der Waals surface area contributed by atoms with E-state index in [1.165, 1.54) is 5.56 Å². The molecule has 1 atom stereocenters. The Morgan fingerprint density at radius 3 is 2.77 bits per heavy atom. The zero-order valence-corrected chi connectivity index (χ0v) is 15.3. The Morgan fingerprint density at radius 2 is 2.00 bits per heavy atom. The third-order valence-electron chi connectivity index (χ3n) is 4.71. The molecule has 0 saturated carbocycles. The third kappa shape index (κ3) is 3.98. The zero-order valence-electron chi connectivity index (χ0n) is 14.5. The Labute approximate surface area is 159 Å². The number of ether oxygens (including phenoxy) is 1. The lowest BCUT2D eigenvalue weighted by Gasteiger charge is -2.29. The van der Waals surface area contributed by atoms with Crippen LogP contribution >= 0.6 is 12.4 Å². The van der Waals surface area contributed by atoms with Crippen molar-refractivity contribution in [3.8, 4) is 0 Å². The Morgan fingerprint density at radius 1 is 1.19 bits per heavy atom. The number of carbonyl (C=O) groups is 1. The highest BCUT2D eigenvalue weighted by atomic mass is 35.5. The van der Waals surface area contributed by atoms with Crippen LogP contribution in [0.2, 0.25) is 0 Å². The van der Waals surface area contributed by atoms with E-state index in [0.717, 1.165) is 43.9 Å². The maximum Gasteiger partial charge on any atom is 0.259 e. The predicted molar refractivity (Wildman–Crippen MR) is 104 cm³/mol. The van der Waals surface area contributed by atoms with Crippen LogP contribution in [0.4, 0.5) is 11.5 Å². The first-order chi connectivity index (χ1) is 12.3. The highest BCUT2D eigenvalue weighted by Gasteiger charge is 2.27. The van der Waals surface area contributed by atoms with Gasteiger partial charge < -0.3 is 20.3 Å². The van der Waals surface area contributed by atoms with E-state index in [0.29, 0.717) is 12.4 Å². The van der Waals surface area contributed by atoms with Crippen molar-refractivity contribution < 1.29 is 9.53 Å². The van der Waals surface area contributed by atoms with Crippen LogP contribution in [0.15, 0.2) is 42.6 Å². The minimum absolute atomic E-state index is 0. The number of hydrogen-bond acceptors (Lipinski definition) is 5. The molecular formula is C19H23ClN4O2. The summed E-state index contributed by atoms with van der Waals surface area (Å²) >= 11 is 0. The van der Waals surface area contributed by atoms with Gasteiger partial charge in [-0.15, -0.1) is 12.4 Å². The van der Waals surface area contributed by atoms with E-state index in [4.69, 9.17) is 4.74 Å². The van der Waals surface area contributed by atoms with Crippen LogP contribution in [0.25, 0.3) is 0 Å². The summed E-state index contributed by atoms with van der Waals surface area (Å²) in [5.41, 5.74) is 3.21. The lowest BCUT2D eigenvalue weighted by Crippen LogP contribution is -2.43. The molecule has 1 aromatic carbocycles. The van der Waals surface area contributed by atoms with Gasteiger partial charge in [0.05, 0.1) is 18.5 Å². The monoisotopic (exact) mass is 374 g/mol. The van der Waals surface area contributed by atoms with Gasteiger partial charge in [-0.25, -0.2) is 4.98 Å². The molecule has 1 aromatic heterocycles. The van der Waals surface area contributed by atoms with Gasteiger partial charge >= 0.3 is 0 Å². The number of pyridine rings is 1. The summed E-state index contributed by atoms with van der Waals surface area (Å²) in [5.74, 6) is 0.380. The zero-order chi connectivity index (χ0) is 17.1. The number of rotatable bonds is 3. The second kappa shape index (κ2) is 8.49. The molecule has 6 nitrogen and oxygen atoms in total. The largest absolute Gasteiger partial charge is 0.368 e. The van der Waals surface area contributed by atoms with Gasteiger partial charge in [0.15, 0.2) is 6.10 Å². The summed E-state index contributed by atoms with van der Waals surface area (Å²) in [4.78, 5) is 19.3. The number of aromatic nitrogens is 1. The highest BCUT2D eigenvalue weighted by molar-refractivity contribution is 5.94. The normalized spacial score (nSPS) is 19.2. The topological polar surface area (TPSA) is 66.5 Å². The van der Waals surface area contributed by atoms with Gasteiger partial charge in [-0.05, 0) is 29.7 Å². The van der Waals surface area contributed by atoms with Gasteiger partial charge in [0.25, 0.3) is 5.91 Å². The van der Waals surface area contributed by atoms with Gasteiger partial charge in [-0.1, -0.05) is 24.3 Å². The molecule has 1 saturated heterocycles. The van der Waals surface area contributed by atoms with E-state index in [9.17, 15) is 4.79 Å². The lowest BCUT2D eigenvalue weighted by molar-refractivity contribution is -0.128.